The van der Waals surface area contributed by atoms with Crippen molar-refractivity contribution in [1.82, 2.24) is 9.62 Å². The molecule has 1 fully saturated rings. The van der Waals surface area contributed by atoms with Crippen LogP contribution in [0.25, 0.3) is 0 Å². The molecule has 0 spiro atoms. The average Bonchev–Trinajstić information content (AvgIpc) is 2.77. The van der Waals surface area contributed by atoms with Crippen LogP contribution in [0.3, 0.4) is 0 Å². The Balaban J connectivity index is 1.97. The number of likely N-dealkylation sites (tertiary alicyclic amines) is 1. The molecule has 1 saturated heterocycles. The SMILES string of the molecule is CCN1CCC(NS(=O)(=O)c2ccc(Br)s2)CC1. The molecule has 0 atom stereocenters. The molecular weight excluding hydrogens is 336 g/mol. The molecule has 0 bridgehead atoms. The second-order valence-corrected chi connectivity index (χ2v) is 8.79. The van der Waals surface area contributed by atoms with Crippen LogP contribution in [-0.2, 0) is 10.0 Å². The number of nitrogens with zero attached hydrogens (tertiary/aromatic N) is 1. The summed E-state index contributed by atoms with van der Waals surface area (Å²) in [5.41, 5.74) is 0. The number of piperidine rings is 1. The van der Waals surface area contributed by atoms with Crippen LogP contribution in [0.1, 0.15) is 19.8 Å². The Morgan fingerprint density at radius 1 is 1.44 bits per heavy atom. The maximum absolute atomic E-state index is 12.1. The summed E-state index contributed by atoms with van der Waals surface area (Å²) < 4.78 is 28.3. The number of rotatable bonds is 4. The van der Waals surface area contributed by atoms with Gasteiger partial charge in [0.15, 0.2) is 0 Å². The summed E-state index contributed by atoms with van der Waals surface area (Å²) in [4.78, 5) is 2.34. The van der Waals surface area contributed by atoms with Gasteiger partial charge in [-0.1, -0.05) is 6.92 Å². The minimum absolute atomic E-state index is 0.0682. The Morgan fingerprint density at radius 2 is 2.11 bits per heavy atom. The molecule has 1 aliphatic heterocycles. The van der Waals surface area contributed by atoms with Crippen LogP contribution in [0, 0.1) is 0 Å². The highest BCUT2D eigenvalue weighted by Crippen LogP contribution is 2.26. The van der Waals surface area contributed by atoms with E-state index in [1.807, 2.05) is 0 Å². The predicted molar refractivity (Wildman–Crippen MR) is 77.5 cm³/mol. The summed E-state index contributed by atoms with van der Waals surface area (Å²) in [6.45, 7) is 5.11. The zero-order valence-corrected chi connectivity index (χ0v) is 13.4. The van der Waals surface area contributed by atoms with Crippen LogP contribution in [0.5, 0.6) is 0 Å². The summed E-state index contributed by atoms with van der Waals surface area (Å²) in [6.07, 6.45) is 1.78. The summed E-state index contributed by atoms with van der Waals surface area (Å²) in [5.74, 6) is 0. The van der Waals surface area contributed by atoms with E-state index in [1.165, 1.54) is 11.3 Å². The molecule has 102 valence electrons. The molecule has 0 aliphatic carbocycles. The van der Waals surface area contributed by atoms with Crippen molar-refractivity contribution >= 4 is 37.3 Å². The lowest BCUT2D eigenvalue weighted by molar-refractivity contribution is 0.217. The van der Waals surface area contributed by atoms with E-state index >= 15 is 0 Å². The van der Waals surface area contributed by atoms with Gasteiger partial charge in [0.25, 0.3) is 0 Å². The highest BCUT2D eigenvalue weighted by atomic mass is 79.9. The molecule has 0 unspecified atom stereocenters. The van der Waals surface area contributed by atoms with Gasteiger partial charge in [-0.2, -0.15) is 0 Å². The van der Waals surface area contributed by atoms with Crippen molar-refractivity contribution in [3.05, 3.63) is 15.9 Å². The van der Waals surface area contributed by atoms with E-state index in [0.29, 0.717) is 4.21 Å². The van der Waals surface area contributed by atoms with Gasteiger partial charge in [0.05, 0.1) is 3.79 Å². The summed E-state index contributed by atoms with van der Waals surface area (Å²) in [6, 6.07) is 3.47. The molecule has 18 heavy (non-hydrogen) atoms. The van der Waals surface area contributed by atoms with E-state index in [-0.39, 0.29) is 6.04 Å². The molecule has 2 rings (SSSR count). The third-order valence-electron chi connectivity index (χ3n) is 3.17. The molecular formula is C11H17BrN2O2S2. The first-order chi connectivity index (χ1) is 8.51. The Bertz CT molecular complexity index is 493. The molecule has 1 N–H and O–H groups in total. The van der Waals surface area contributed by atoms with Crippen LogP contribution >= 0.6 is 27.3 Å². The first-order valence-corrected chi connectivity index (χ1v) is 9.10. The maximum Gasteiger partial charge on any atom is 0.250 e. The lowest BCUT2D eigenvalue weighted by Gasteiger charge is -2.31. The van der Waals surface area contributed by atoms with Gasteiger partial charge in [0.2, 0.25) is 10.0 Å². The van der Waals surface area contributed by atoms with Gasteiger partial charge in [-0.15, -0.1) is 11.3 Å². The first kappa shape index (κ1) is 14.5. The van der Waals surface area contributed by atoms with Gasteiger partial charge in [0.1, 0.15) is 4.21 Å². The number of nitrogens with one attached hydrogen (secondary N) is 1. The monoisotopic (exact) mass is 352 g/mol. The molecule has 2 heterocycles. The van der Waals surface area contributed by atoms with E-state index in [9.17, 15) is 8.42 Å². The van der Waals surface area contributed by atoms with Gasteiger partial charge < -0.3 is 4.90 Å². The highest BCUT2D eigenvalue weighted by Gasteiger charge is 2.24. The van der Waals surface area contributed by atoms with Gasteiger partial charge in [-0.3, -0.25) is 0 Å². The quantitative estimate of drug-likeness (QED) is 0.904. The molecule has 4 nitrogen and oxygen atoms in total. The van der Waals surface area contributed by atoms with Crippen molar-refractivity contribution in [3.8, 4) is 0 Å². The van der Waals surface area contributed by atoms with E-state index in [4.69, 9.17) is 0 Å². The number of sulfonamides is 1. The van der Waals surface area contributed by atoms with Crippen molar-refractivity contribution in [2.75, 3.05) is 19.6 Å². The molecule has 1 aliphatic rings. The molecule has 0 aromatic carbocycles. The van der Waals surface area contributed by atoms with E-state index in [1.54, 1.807) is 12.1 Å². The van der Waals surface area contributed by atoms with E-state index in [0.717, 1.165) is 36.3 Å². The molecule has 7 heteroatoms. The fourth-order valence-corrected chi connectivity index (χ4v) is 5.42. The number of hydrogen-bond acceptors (Lipinski definition) is 4. The van der Waals surface area contributed by atoms with Gasteiger partial charge in [0, 0.05) is 6.04 Å². The maximum atomic E-state index is 12.1. The Kier molecular flexibility index (Phi) is 4.82. The first-order valence-electron chi connectivity index (χ1n) is 6.01. The standard InChI is InChI=1S/C11H17BrN2O2S2/c1-2-14-7-5-9(6-8-14)13-18(15,16)11-4-3-10(12)17-11/h3-4,9,13H,2,5-8H2,1H3. The van der Waals surface area contributed by atoms with Gasteiger partial charge in [-0.25, -0.2) is 13.1 Å². The van der Waals surface area contributed by atoms with Crippen molar-refractivity contribution in [3.63, 3.8) is 0 Å². The van der Waals surface area contributed by atoms with Crippen LogP contribution < -0.4 is 4.72 Å². The number of thiophene rings is 1. The second kappa shape index (κ2) is 6.00. The summed E-state index contributed by atoms with van der Waals surface area (Å²) in [7, 11) is -3.34. The van der Waals surface area contributed by atoms with Crippen molar-refractivity contribution < 1.29 is 8.42 Å². The van der Waals surface area contributed by atoms with Crippen LogP contribution in [0.15, 0.2) is 20.1 Å². The minimum atomic E-state index is -3.34. The van der Waals surface area contributed by atoms with E-state index in [2.05, 4.69) is 32.5 Å². The third kappa shape index (κ3) is 3.54. The number of hydrogen-bond donors (Lipinski definition) is 1. The molecule has 1 aromatic heterocycles. The largest absolute Gasteiger partial charge is 0.303 e. The Labute approximate surface area is 121 Å². The molecule has 0 amide bonds. The van der Waals surface area contributed by atoms with Crippen molar-refractivity contribution in [1.29, 1.82) is 0 Å². The smallest absolute Gasteiger partial charge is 0.250 e. The fourth-order valence-electron chi connectivity index (χ4n) is 2.09. The average molecular weight is 353 g/mol. The minimum Gasteiger partial charge on any atom is -0.303 e. The lowest BCUT2D eigenvalue weighted by atomic mass is 10.1. The summed E-state index contributed by atoms with van der Waals surface area (Å²) >= 11 is 4.53. The zero-order valence-electron chi connectivity index (χ0n) is 10.2. The van der Waals surface area contributed by atoms with Gasteiger partial charge in [-0.05, 0) is 60.5 Å². The van der Waals surface area contributed by atoms with Crippen molar-refractivity contribution in [2.45, 2.75) is 30.0 Å². The topological polar surface area (TPSA) is 49.4 Å². The number of halogens is 1. The normalized spacial score (nSPS) is 19.2. The Hall–Kier alpha value is 0.0500. The third-order valence-corrected chi connectivity index (χ3v) is 6.81. The zero-order chi connectivity index (χ0) is 13.2. The second-order valence-electron chi connectivity index (χ2n) is 4.39. The fraction of sp³-hybridized carbons (Fsp3) is 0.636. The van der Waals surface area contributed by atoms with Crippen molar-refractivity contribution in [2.24, 2.45) is 0 Å². The lowest BCUT2D eigenvalue weighted by Crippen LogP contribution is -2.44. The van der Waals surface area contributed by atoms with Crippen LogP contribution in [-0.4, -0.2) is 39.0 Å². The van der Waals surface area contributed by atoms with Gasteiger partial charge >= 0.3 is 0 Å². The molecule has 0 radical (unpaired) electrons. The predicted octanol–water partition coefficient (Wildman–Crippen LogP) is 2.27. The highest BCUT2D eigenvalue weighted by molar-refractivity contribution is 9.11. The molecule has 1 aromatic rings. The molecule has 0 saturated carbocycles. The van der Waals surface area contributed by atoms with Crippen LogP contribution in [0.2, 0.25) is 0 Å². The van der Waals surface area contributed by atoms with Crippen LogP contribution in [0.4, 0.5) is 0 Å². The van der Waals surface area contributed by atoms with E-state index < -0.39 is 10.0 Å². The Morgan fingerprint density at radius 3 is 2.61 bits per heavy atom. The summed E-state index contributed by atoms with van der Waals surface area (Å²) in [5, 5.41) is 0.